The van der Waals surface area contributed by atoms with E-state index in [4.69, 9.17) is 11.6 Å². The lowest BCUT2D eigenvalue weighted by molar-refractivity contribution is -0.975. The van der Waals surface area contributed by atoms with E-state index in [0.29, 0.717) is 30.0 Å². The Kier molecular flexibility index (Phi) is 1.63. The first-order valence-electron chi connectivity index (χ1n) is 4.04. The van der Waals surface area contributed by atoms with Crippen LogP contribution in [0.1, 0.15) is 12.8 Å². The predicted octanol–water partition coefficient (Wildman–Crippen LogP) is 1.02. The first-order valence-corrected chi connectivity index (χ1v) is 4.58. The lowest BCUT2D eigenvalue weighted by atomic mass is 9.90. The molecular weight excluding hydrogens is 167 g/mol. The van der Waals surface area contributed by atoms with Gasteiger partial charge in [0.1, 0.15) is 18.8 Å². The average Bonchev–Trinajstić information content (AvgIpc) is 2.07. The Hall–Kier alpha value is 0.140. The van der Waals surface area contributed by atoms with Crippen LogP contribution >= 0.6 is 11.6 Å². The number of quaternary nitrogens is 1. The Morgan fingerprint density at radius 3 is 2.45 bits per heavy atom. The van der Waals surface area contributed by atoms with Crippen LogP contribution in [-0.2, 0) is 0 Å². The van der Waals surface area contributed by atoms with Crippen molar-refractivity contribution in [3.63, 3.8) is 0 Å². The molecule has 64 valence electrons. The van der Waals surface area contributed by atoms with Crippen LogP contribution in [0.2, 0.25) is 0 Å². The van der Waals surface area contributed by atoms with E-state index < -0.39 is 5.67 Å². The summed E-state index contributed by atoms with van der Waals surface area (Å²) in [6, 6.07) is 0.566. The molecule has 2 nitrogen and oxygen atoms in total. The Morgan fingerprint density at radius 2 is 2.09 bits per heavy atom. The second kappa shape index (κ2) is 2.31. The zero-order valence-corrected chi connectivity index (χ0v) is 7.20. The molecule has 0 radical (unpaired) electrons. The van der Waals surface area contributed by atoms with E-state index in [9.17, 15) is 4.39 Å². The van der Waals surface area contributed by atoms with Gasteiger partial charge in [-0.2, -0.15) is 5.43 Å². The highest BCUT2D eigenvalue weighted by atomic mass is 35.5. The number of nitrogens with zero attached hydrogens (tertiary/aromatic N) is 1. The molecule has 0 atom stereocenters. The molecule has 4 heteroatoms. The molecule has 3 rings (SSSR count). The van der Waals surface area contributed by atoms with Crippen molar-refractivity contribution in [1.29, 1.82) is 0 Å². The lowest BCUT2D eigenvalue weighted by Crippen LogP contribution is -2.71. The maximum absolute atomic E-state index is 13.5. The monoisotopic (exact) mass is 179 g/mol. The summed E-state index contributed by atoms with van der Waals surface area (Å²) in [6.07, 6.45) is 1.35. The molecule has 3 fully saturated rings. The smallest absolute Gasteiger partial charge is 0.172 e. The van der Waals surface area contributed by atoms with Crippen molar-refractivity contribution in [3.8, 4) is 0 Å². The highest BCUT2D eigenvalue weighted by molar-refractivity contribution is 6.16. The van der Waals surface area contributed by atoms with E-state index in [1.54, 1.807) is 0 Å². The SMILES string of the molecule is FC12CC[N+](CCl)(CC1)NC2. The number of nitrogens with one attached hydrogen (secondary N) is 1. The molecule has 11 heavy (non-hydrogen) atoms. The minimum absolute atomic E-state index is 0.486. The molecule has 0 saturated carbocycles. The van der Waals surface area contributed by atoms with Gasteiger partial charge in [-0.25, -0.2) is 8.98 Å². The molecule has 0 unspecified atom stereocenters. The van der Waals surface area contributed by atoms with Gasteiger partial charge in [0.05, 0.1) is 6.54 Å². The van der Waals surface area contributed by atoms with Gasteiger partial charge in [0, 0.05) is 12.8 Å². The molecule has 0 spiro atoms. The van der Waals surface area contributed by atoms with E-state index in [1.807, 2.05) is 0 Å². The molecule has 3 heterocycles. The maximum atomic E-state index is 13.5. The number of alkyl halides is 2. The van der Waals surface area contributed by atoms with Crippen molar-refractivity contribution in [2.75, 3.05) is 25.6 Å². The topological polar surface area (TPSA) is 12.0 Å². The van der Waals surface area contributed by atoms with Crippen LogP contribution < -0.4 is 5.43 Å². The summed E-state index contributed by atoms with van der Waals surface area (Å²) in [5.74, 6) is 0. The van der Waals surface area contributed by atoms with Gasteiger partial charge in [-0.1, -0.05) is 11.6 Å². The molecule has 3 saturated heterocycles. The van der Waals surface area contributed by atoms with Crippen LogP contribution in [-0.4, -0.2) is 35.9 Å². The zero-order chi connectivity index (χ0) is 7.95. The highest BCUT2D eigenvalue weighted by Gasteiger charge is 2.49. The third-order valence-corrected chi connectivity index (χ3v) is 3.39. The van der Waals surface area contributed by atoms with Crippen LogP contribution in [0.25, 0.3) is 0 Å². The summed E-state index contributed by atoms with van der Waals surface area (Å²) in [5, 5.41) is 0. The van der Waals surface area contributed by atoms with Gasteiger partial charge >= 0.3 is 0 Å². The average molecular weight is 180 g/mol. The first-order chi connectivity index (χ1) is 5.18. The third-order valence-electron chi connectivity index (χ3n) is 2.94. The summed E-state index contributed by atoms with van der Waals surface area (Å²) >= 11 is 5.79. The number of piperidine rings is 1. The van der Waals surface area contributed by atoms with E-state index in [2.05, 4.69) is 5.43 Å². The Balaban J connectivity index is 2.12. The molecule has 0 aromatic carbocycles. The summed E-state index contributed by atoms with van der Waals surface area (Å²) in [4.78, 5) is 0. The van der Waals surface area contributed by atoms with Crippen molar-refractivity contribution >= 4 is 11.6 Å². The normalized spacial score (nSPS) is 49.6. The number of fused-ring (bicyclic) bond motifs is 3. The standard InChI is InChI=1S/C7H13ClFN2/c8-6-11-3-1-7(9,2-4-11)5-10-11/h10H,1-6H2/q+1. The quantitative estimate of drug-likeness (QED) is 0.360. The van der Waals surface area contributed by atoms with E-state index in [-0.39, 0.29) is 0 Å². The number of hydrogen-bond acceptors (Lipinski definition) is 1. The second-order valence-electron chi connectivity index (χ2n) is 3.70. The van der Waals surface area contributed by atoms with Crippen molar-refractivity contribution in [2.45, 2.75) is 18.5 Å². The van der Waals surface area contributed by atoms with Crippen LogP contribution in [0, 0.1) is 0 Å². The van der Waals surface area contributed by atoms with Gasteiger partial charge in [0.25, 0.3) is 0 Å². The summed E-state index contributed by atoms with van der Waals surface area (Å²) < 4.78 is 14.2. The fourth-order valence-electron chi connectivity index (χ4n) is 1.87. The number of rotatable bonds is 1. The number of halogens is 2. The van der Waals surface area contributed by atoms with Crippen molar-refractivity contribution in [1.82, 2.24) is 5.43 Å². The van der Waals surface area contributed by atoms with Crippen molar-refractivity contribution in [2.24, 2.45) is 0 Å². The fraction of sp³-hybridized carbons (Fsp3) is 1.00. The Labute approximate surface area is 70.9 Å². The van der Waals surface area contributed by atoms with Gasteiger partial charge in [-0.15, -0.1) is 0 Å². The maximum Gasteiger partial charge on any atom is 0.172 e. The zero-order valence-electron chi connectivity index (χ0n) is 6.45. The minimum atomic E-state index is -0.925. The van der Waals surface area contributed by atoms with Crippen LogP contribution in [0.4, 0.5) is 4.39 Å². The molecule has 0 aromatic rings. The molecule has 1 N–H and O–H groups in total. The van der Waals surface area contributed by atoms with Gasteiger partial charge in [0.15, 0.2) is 6.00 Å². The lowest BCUT2D eigenvalue weighted by Gasteiger charge is -2.49. The van der Waals surface area contributed by atoms with Gasteiger partial charge in [-0.05, 0) is 0 Å². The third kappa shape index (κ3) is 1.15. The molecule has 3 aliphatic heterocycles. The summed E-state index contributed by atoms with van der Waals surface area (Å²) in [7, 11) is 0. The molecule has 0 aliphatic carbocycles. The molecule has 0 amide bonds. The molecular formula is C7H13ClFN2+. The second-order valence-corrected chi connectivity index (χ2v) is 3.94. The van der Waals surface area contributed by atoms with Crippen molar-refractivity contribution in [3.05, 3.63) is 0 Å². The molecule has 2 bridgehead atoms. The van der Waals surface area contributed by atoms with Gasteiger partial charge in [0.2, 0.25) is 0 Å². The van der Waals surface area contributed by atoms with E-state index in [1.165, 1.54) is 0 Å². The van der Waals surface area contributed by atoms with Crippen LogP contribution in [0.15, 0.2) is 0 Å². The van der Waals surface area contributed by atoms with E-state index >= 15 is 0 Å². The first kappa shape index (κ1) is 7.77. The van der Waals surface area contributed by atoms with Crippen LogP contribution in [0.5, 0.6) is 0 Å². The molecule has 0 aromatic heterocycles. The number of hydrogen-bond donors (Lipinski definition) is 1. The van der Waals surface area contributed by atoms with Crippen LogP contribution in [0.3, 0.4) is 0 Å². The molecule has 3 aliphatic rings. The fourth-order valence-corrected chi connectivity index (χ4v) is 2.20. The summed E-state index contributed by atoms with van der Waals surface area (Å²) in [5.41, 5.74) is 2.23. The van der Waals surface area contributed by atoms with Gasteiger partial charge < -0.3 is 0 Å². The minimum Gasteiger partial charge on any atom is -0.242 e. The largest absolute Gasteiger partial charge is 0.242 e. The Bertz CT molecular complexity index is 149. The predicted molar refractivity (Wildman–Crippen MR) is 41.8 cm³/mol. The summed E-state index contributed by atoms with van der Waals surface area (Å²) in [6.45, 7) is 2.18. The van der Waals surface area contributed by atoms with Crippen molar-refractivity contribution < 1.29 is 8.98 Å². The van der Waals surface area contributed by atoms with Gasteiger partial charge in [-0.3, -0.25) is 0 Å². The highest BCUT2D eigenvalue weighted by Crippen LogP contribution is 2.33. The Morgan fingerprint density at radius 1 is 1.45 bits per heavy atom. The van der Waals surface area contributed by atoms with E-state index in [0.717, 1.165) is 13.1 Å².